The lowest BCUT2D eigenvalue weighted by molar-refractivity contribution is -0.119. The third-order valence-electron chi connectivity index (χ3n) is 3.24. The first kappa shape index (κ1) is 15.7. The Hall–Kier alpha value is -0.330. The van der Waals surface area contributed by atoms with Crippen molar-refractivity contribution in [3.63, 3.8) is 0 Å². The van der Waals surface area contributed by atoms with Crippen molar-refractivity contribution < 1.29 is 4.79 Å². The van der Waals surface area contributed by atoms with Gasteiger partial charge in [0, 0.05) is 12.8 Å². The van der Waals surface area contributed by atoms with E-state index in [1.807, 2.05) is 0 Å². The van der Waals surface area contributed by atoms with Crippen molar-refractivity contribution in [2.24, 2.45) is 11.3 Å². The van der Waals surface area contributed by atoms with Crippen molar-refractivity contribution >= 4 is 5.78 Å². The van der Waals surface area contributed by atoms with Crippen LogP contribution in [0.2, 0.25) is 0 Å². The van der Waals surface area contributed by atoms with Crippen molar-refractivity contribution in [1.29, 1.82) is 0 Å². The van der Waals surface area contributed by atoms with E-state index < -0.39 is 0 Å². The molecule has 0 aliphatic heterocycles. The van der Waals surface area contributed by atoms with Crippen LogP contribution in [-0.2, 0) is 4.79 Å². The van der Waals surface area contributed by atoms with E-state index in [1.54, 1.807) is 0 Å². The highest BCUT2D eigenvalue weighted by Crippen LogP contribution is 2.28. The predicted molar refractivity (Wildman–Crippen MR) is 71.6 cm³/mol. The molecule has 0 heterocycles. The Labute approximate surface area is 102 Å². The van der Waals surface area contributed by atoms with E-state index in [1.165, 1.54) is 19.3 Å². The minimum Gasteiger partial charge on any atom is -0.300 e. The molecule has 0 aromatic heterocycles. The fourth-order valence-electron chi connectivity index (χ4n) is 2.14. The van der Waals surface area contributed by atoms with Gasteiger partial charge in [0.25, 0.3) is 0 Å². The quantitative estimate of drug-likeness (QED) is 0.541. The molecular weight excluding hydrogens is 196 g/mol. The molecule has 0 spiro atoms. The van der Waals surface area contributed by atoms with Crippen LogP contribution in [0.5, 0.6) is 0 Å². The molecule has 0 unspecified atom stereocenters. The lowest BCUT2D eigenvalue weighted by Crippen LogP contribution is -2.11. The van der Waals surface area contributed by atoms with E-state index in [0.717, 1.165) is 25.7 Å². The summed E-state index contributed by atoms with van der Waals surface area (Å²) < 4.78 is 0. The van der Waals surface area contributed by atoms with Crippen LogP contribution in [-0.4, -0.2) is 5.78 Å². The SMILES string of the molecule is CCCC(C)(C)CCCC(=O)CCC(C)C. The van der Waals surface area contributed by atoms with Crippen LogP contribution < -0.4 is 0 Å². The molecule has 0 aromatic rings. The number of ketones is 1. The molecule has 0 aromatic carbocycles. The van der Waals surface area contributed by atoms with Gasteiger partial charge in [0.05, 0.1) is 0 Å². The monoisotopic (exact) mass is 226 g/mol. The van der Waals surface area contributed by atoms with Crippen LogP contribution in [0.3, 0.4) is 0 Å². The summed E-state index contributed by atoms with van der Waals surface area (Å²) in [5.41, 5.74) is 0.424. The largest absolute Gasteiger partial charge is 0.300 e. The minimum absolute atomic E-state index is 0.424. The van der Waals surface area contributed by atoms with Gasteiger partial charge < -0.3 is 0 Å². The van der Waals surface area contributed by atoms with Crippen molar-refractivity contribution in [3.8, 4) is 0 Å². The Bertz CT molecular complexity index is 192. The van der Waals surface area contributed by atoms with Crippen molar-refractivity contribution in [3.05, 3.63) is 0 Å². The summed E-state index contributed by atoms with van der Waals surface area (Å²) in [6.45, 7) is 11.2. The van der Waals surface area contributed by atoms with Crippen LogP contribution >= 0.6 is 0 Å². The highest BCUT2D eigenvalue weighted by molar-refractivity contribution is 5.78. The molecule has 0 atom stereocenters. The van der Waals surface area contributed by atoms with Gasteiger partial charge in [0.15, 0.2) is 0 Å². The predicted octanol–water partition coefficient (Wildman–Crippen LogP) is 4.99. The standard InChI is InChI=1S/C15H30O/c1-6-11-15(4,5)12-7-8-14(16)10-9-13(2)3/h13H,6-12H2,1-5H3. The lowest BCUT2D eigenvalue weighted by Gasteiger charge is -2.23. The Balaban J connectivity index is 3.61. The first-order valence-corrected chi connectivity index (χ1v) is 6.89. The third-order valence-corrected chi connectivity index (χ3v) is 3.24. The maximum absolute atomic E-state index is 11.6. The highest BCUT2D eigenvalue weighted by atomic mass is 16.1. The Morgan fingerprint density at radius 3 is 2.25 bits per heavy atom. The zero-order valence-electron chi connectivity index (χ0n) is 11.9. The van der Waals surface area contributed by atoms with Gasteiger partial charge in [-0.25, -0.2) is 0 Å². The molecule has 1 nitrogen and oxygen atoms in total. The van der Waals surface area contributed by atoms with Crippen molar-refractivity contribution in [1.82, 2.24) is 0 Å². The molecule has 0 saturated heterocycles. The second-order valence-electron chi connectivity index (χ2n) is 6.24. The summed E-state index contributed by atoms with van der Waals surface area (Å²) in [4.78, 5) is 11.6. The summed E-state index contributed by atoms with van der Waals surface area (Å²) in [6, 6.07) is 0. The zero-order valence-corrected chi connectivity index (χ0v) is 11.9. The Morgan fingerprint density at radius 1 is 1.12 bits per heavy atom. The van der Waals surface area contributed by atoms with Gasteiger partial charge in [0.1, 0.15) is 5.78 Å². The Kier molecular flexibility index (Phi) is 7.70. The molecule has 96 valence electrons. The molecular formula is C15H30O. The number of hydrogen-bond acceptors (Lipinski definition) is 1. The number of carbonyl (C=O) groups is 1. The summed E-state index contributed by atoms with van der Waals surface area (Å²) in [5.74, 6) is 1.11. The number of Topliss-reactive ketones (excluding diaryl/α,β-unsaturated/α-hetero) is 1. The van der Waals surface area contributed by atoms with Crippen LogP contribution in [0.25, 0.3) is 0 Å². The number of carbonyl (C=O) groups excluding carboxylic acids is 1. The third kappa shape index (κ3) is 8.94. The summed E-state index contributed by atoms with van der Waals surface area (Å²) >= 11 is 0. The second kappa shape index (κ2) is 7.86. The molecule has 0 N–H and O–H groups in total. The molecule has 0 aliphatic rings. The smallest absolute Gasteiger partial charge is 0.132 e. The normalized spacial score (nSPS) is 12.1. The van der Waals surface area contributed by atoms with Gasteiger partial charge in [-0.1, -0.05) is 41.0 Å². The average molecular weight is 226 g/mol. The topological polar surface area (TPSA) is 17.1 Å². The molecule has 0 radical (unpaired) electrons. The maximum atomic E-state index is 11.6. The van der Waals surface area contributed by atoms with Gasteiger partial charge in [-0.15, -0.1) is 0 Å². The molecule has 0 rings (SSSR count). The van der Waals surface area contributed by atoms with Crippen LogP contribution in [0.1, 0.15) is 79.6 Å². The zero-order chi connectivity index (χ0) is 12.6. The van der Waals surface area contributed by atoms with Crippen molar-refractivity contribution in [2.45, 2.75) is 79.6 Å². The highest BCUT2D eigenvalue weighted by Gasteiger charge is 2.16. The van der Waals surface area contributed by atoms with E-state index in [-0.39, 0.29) is 0 Å². The average Bonchev–Trinajstić information content (AvgIpc) is 2.14. The van der Waals surface area contributed by atoms with Gasteiger partial charge in [-0.3, -0.25) is 4.79 Å². The van der Waals surface area contributed by atoms with Crippen LogP contribution in [0.4, 0.5) is 0 Å². The summed E-state index contributed by atoms with van der Waals surface area (Å²) in [5, 5.41) is 0. The first-order valence-electron chi connectivity index (χ1n) is 6.89. The number of rotatable bonds is 9. The van der Waals surface area contributed by atoms with Gasteiger partial charge in [-0.05, 0) is 37.0 Å². The maximum Gasteiger partial charge on any atom is 0.132 e. The van der Waals surface area contributed by atoms with E-state index in [0.29, 0.717) is 17.1 Å². The van der Waals surface area contributed by atoms with Crippen LogP contribution in [0, 0.1) is 11.3 Å². The van der Waals surface area contributed by atoms with Crippen LogP contribution in [0.15, 0.2) is 0 Å². The number of hydrogen-bond donors (Lipinski definition) is 0. The van der Waals surface area contributed by atoms with Gasteiger partial charge in [-0.2, -0.15) is 0 Å². The van der Waals surface area contributed by atoms with E-state index in [4.69, 9.17) is 0 Å². The Morgan fingerprint density at radius 2 is 1.75 bits per heavy atom. The summed E-state index contributed by atoms with van der Waals surface area (Å²) in [6.07, 6.45) is 7.41. The molecule has 0 fully saturated rings. The molecule has 0 amide bonds. The van der Waals surface area contributed by atoms with Crippen molar-refractivity contribution in [2.75, 3.05) is 0 Å². The van der Waals surface area contributed by atoms with Gasteiger partial charge >= 0.3 is 0 Å². The first-order chi connectivity index (χ1) is 7.37. The molecule has 0 bridgehead atoms. The van der Waals surface area contributed by atoms with E-state index in [9.17, 15) is 4.79 Å². The minimum atomic E-state index is 0.424. The fraction of sp³-hybridized carbons (Fsp3) is 0.933. The van der Waals surface area contributed by atoms with E-state index in [2.05, 4.69) is 34.6 Å². The fourth-order valence-corrected chi connectivity index (χ4v) is 2.14. The second-order valence-corrected chi connectivity index (χ2v) is 6.24. The molecule has 0 aliphatic carbocycles. The van der Waals surface area contributed by atoms with Gasteiger partial charge in [0.2, 0.25) is 0 Å². The molecule has 1 heteroatoms. The van der Waals surface area contributed by atoms with E-state index >= 15 is 0 Å². The lowest BCUT2D eigenvalue weighted by atomic mass is 9.82. The summed E-state index contributed by atoms with van der Waals surface area (Å²) in [7, 11) is 0. The molecule has 16 heavy (non-hydrogen) atoms. The molecule has 0 saturated carbocycles.